The highest BCUT2D eigenvalue weighted by atomic mass is 16.5. The van der Waals surface area contributed by atoms with E-state index in [9.17, 15) is 4.79 Å². The highest BCUT2D eigenvalue weighted by molar-refractivity contribution is 5.71. The third kappa shape index (κ3) is 6.54. The second-order valence-corrected chi connectivity index (χ2v) is 2.78. The lowest BCUT2D eigenvalue weighted by Crippen LogP contribution is -2.34. The van der Waals surface area contributed by atoms with Gasteiger partial charge in [0.25, 0.3) is 0 Å². The number of methoxy groups -OCH3 is 1. The fraction of sp³-hybridized carbons (Fsp3) is 0.889. The van der Waals surface area contributed by atoms with Crippen LogP contribution in [0.5, 0.6) is 0 Å². The van der Waals surface area contributed by atoms with Crippen LogP contribution in [0.1, 0.15) is 13.8 Å². The van der Waals surface area contributed by atoms with E-state index in [1.165, 1.54) is 7.11 Å². The Labute approximate surface area is 80.2 Å². The zero-order chi connectivity index (χ0) is 10.1. The zero-order valence-corrected chi connectivity index (χ0v) is 8.80. The normalized spacial score (nSPS) is 10.5. The predicted molar refractivity (Wildman–Crippen MR) is 52.7 cm³/mol. The van der Waals surface area contributed by atoms with Crippen LogP contribution in [0.15, 0.2) is 0 Å². The third-order valence-electron chi connectivity index (χ3n) is 2.00. The van der Waals surface area contributed by atoms with Gasteiger partial charge in [-0.15, -0.1) is 0 Å². The first-order valence-electron chi connectivity index (χ1n) is 4.74. The van der Waals surface area contributed by atoms with E-state index in [4.69, 9.17) is 0 Å². The molecule has 13 heavy (non-hydrogen) atoms. The van der Waals surface area contributed by atoms with Crippen molar-refractivity contribution < 1.29 is 9.53 Å². The lowest BCUT2D eigenvalue weighted by molar-refractivity contribution is -0.139. The fourth-order valence-electron chi connectivity index (χ4n) is 1.04. The molecule has 78 valence electrons. The minimum Gasteiger partial charge on any atom is -0.468 e. The number of carbonyl (C=O) groups is 1. The highest BCUT2D eigenvalue weighted by Crippen LogP contribution is 1.83. The minimum absolute atomic E-state index is 0.209. The summed E-state index contributed by atoms with van der Waals surface area (Å²) >= 11 is 0. The Balaban J connectivity index is 3.28. The number of ether oxygens (including phenoxy) is 1. The zero-order valence-electron chi connectivity index (χ0n) is 8.80. The number of nitrogens with zero attached hydrogens (tertiary/aromatic N) is 1. The van der Waals surface area contributed by atoms with Crippen LogP contribution in [0, 0.1) is 0 Å². The van der Waals surface area contributed by atoms with Crippen molar-refractivity contribution in [1.82, 2.24) is 10.2 Å². The maximum atomic E-state index is 10.7. The molecule has 0 heterocycles. The molecule has 0 rings (SSSR count). The lowest BCUT2D eigenvalue weighted by Gasteiger charge is -2.17. The number of rotatable bonds is 7. The van der Waals surface area contributed by atoms with Crippen LogP contribution in [0.3, 0.4) is 0 Å². The molecule has 4 nitrogen and oxygen atoms in total. The second kappa shape index (κ2) is 8.01. The number of likely N-dealkylation sites (N-methyl/N-ethyl adjacent to an activating group) is 1. The molecule has 4 heteroatoms. The molecule has 0 radical (unpaired) electrons. The Morgan fingerprint density at radius 1 is 1.38 bits per heavy atom. The maximum Gasteiger partial charge on any atom is 0.319 e. The van der Waals surface area contributed by atoms with Gasteiger partial charge in [-0.3, -0.25) is 4.79 Å². The summed E-state index contributed by atoms with van der Waals surface area (Å²) in [5.74, 6) is -0.209. The summed E-state index contributed by atoms with van der Waals surface area (Å²) in [6.45, 7) is 8.47. The van der Waals surface area contributed by atoms with Crippen molar-refractivity contribution in [3.05, 3.63) is 0 Å². The van der Waals surface area contributed by atoms with Crippen LogP contribution in [0.4, 0.5) is 0 Å². The smallest absolute Gasteiger partial charge is 0.319 e. The molecular weight excluding hydrogens is 168 g/mol. The van der Waals surface area contributed by atoms with Crippen LogP contribution in [-0.2, 0) is 9.53 Å². The molecule has 0 aromatic carbocycles. The minimum atomic E-state index is -0.209. The van der Waals surface area contributed by atoms with Crippen molar-refractivity contribution in [3.63, 3.8) is 0 Å². The highest BCUT2D eigenvalue weighted by Gasteiger charge is 2.00. The van der Waals surface area contributed by atoms with Gasteiger partial charge in [-0.25, -0.2) is 0 Å². The monoisotopic (exact) mass is 188 g/mol. The van der Waals surface area contributed by atoms with Crippen LogP contribution >= 0.6 is 0 Å². The van der Waals surface area contributed by atoms with Gasteiger partial charge in [-0.1, -0.05) is 13.8 Å². The second-order valence-electron chi connectivity index (χ2n) is 2.78. The molecule has 0 fully saturated rings. The molecule has 0 aliphatic rings. The van der Waals surface area contributed by atoms with Gasteiger partial charge in [-0.2, -0.15) is 0 Å². The lowest BCUT2D eigenvalue weighted by atomic mass is 10.4. The third-order valence-corrected chi connectivity index (χ3v) is 2.00. The van der Waals surface area contributed by atoms with E-state index in [2.05, 4.69) is 28.8 Å². The van der Waals surface area contributed by atoms with Crippen LogP contribution in [0.2, 0.25) is 0 Å². The van der Waals surface area contributed by atoms with E-state index in [1.807, 2.05) is 0 Å². The quantitative estimate of drug-likeness (QED) is 0.454. The molecule has 1 N–H and O–H groups in total. The molecule has 0 bridgehead atoms. The molecule has 0 unspecified atom stereocenters. The van der Waals surface area contributed by atoms with Crippen molar-refractivity contribution in [1.29, 1.82) is 0 Å². The van der Waals surface area contributed by atoms with Gasteiger partial charge < -0.3 is 15.0 Å². The van der Waals surface area contributed by atoms with Crippen molar-refractivity contribution in [2.45, 2.75) is 13.8 Å². The summed E-state index contributed by atoms with van der Waals surface area (Å²) < 4.78 is 4.49. The van der Waals surface area contributed by atoms with E-state index in [-0.39, 0.29) is 5.97 Å². The molecule has 0 aromatic heterocycles. The Morgan fingerprint density at radius 3 is 2.46 bits per heavy atom. The van der Waals surface area contributed by atoms with Crippen molar-refractivity contribution in [3.8, 4) is 0 Å². The van der Waals surface area contributed by atoms with E-state index in [1.54, 1.807) is 0 Å². The predicted octanol–water partition coefficient (Wildman–Crippen LogP) is 0.0908. The number of nitrogens with one attached hydrogen (secondary N) is 1. The summed E-state index contributed by atoms with van der Waals surface area (Å²) in [4.78, 5) is 13.0. The van der Waals surface area contributed by atoms with Crippen molar-refractivity contribution in [2.75, 3.05) is 39.8 Å². The Hall–Kier alpha value is -0.610. The van der Waals surface area contributed by atoms with E-state index in [0.717, 1.165) is 26.2 Å². The van der Waals surface area contributed by atoms with Gasteiger partial charge in [0, 0.05) is 13.1 Å². The van der Waals surface area contributed by atoms with Gasteiger partial charge in [0.1, 0.15) is 0 Å². The van der Waals surface area contributed by atoms with Crippen LogP contribution < -0.4 is 5.32 Å². The Morgan fingerprint density at radius 2 is 2.00 bits per heavy atom. The largest absolute Gasteiger partial charge is 0.468 e. The first-order chi connectivity index (χ1) is 6.24. The molecule has 0 aliphatic heterocycles. The number of esters is 1. The van der Waals surface area contributed by atoms with E-state index in [0.29, 0.717) is 6.54 Å². The van der Waals surface area contributed by atoms with Gasteiger partial charge in [0.15, 0.2) is 0 Å². The fourth-order valence-corrected chi connectivity index (χ4v) is 1.04. The summed E-state index contributed by atoms with van der Waals surface area (Å²) in [6, 6.07) is 0. The molecule has 0 atom stereocenters. The standard InChI is InChI=1S/C9H20N2O2/c1-4-11(5-2)7-6-10-8-9(12)13-3/h10H,4-8H2,1-3H3. The van der Waals surface area contributed by atoms with Crippen molar-refractivity contribution >= 4 is 5.97 Å². The van der Waals surface area contributed by atoms with Gasteiger partial charge in [0.2, 0.25) is 0 Å². The van der Waals surface area contributed by atoms with E-state index >= 15 is 0 Å². The maximum absolute atomic E-state index is 10.7. The van der Waals surface area contributed by atoms with Gasteiger partial charge in [-0.05, 0) is 13.1 Å². The van der Waals surface area contributed by atoms with Crippen LogP contribution in [-0.4, -0.2) is 50.7 Å². The van der Waals surface area contributed by atoms with Gasteiger partial charge >= 0.3 is 5.97 Å². The Kier molecular flexibility index (Phi) is 7.63. The molecule has 0 aliphatic carbocycles. The molecule has 0 saturated heterocycles. The SMILES string of the molecule is CCN(CC)CCNCC(=O)OC. The van der Waals surface area contributed by atoms with Gasteiger partial charge in [0.05, 0.1) is 13.7 Å². The summed E-state index contributed by atoms with van der Waals surface area (Å²) in [5.41, 5.74) is 0. The molecule has 0 amide bonds. The molecule has 0 aromatic rings. The summed E-state index contributed by atoms with van der Waals surface area (Å²) in [6.07, 6.45) is 0. The Bertz CT molecular complexity index is 136. The number of hydrogen-bond donors (Lipinski definition) is 1. The first kappa shape index (κ1) is 12.4. The van der Waals surface area contributed by atoms with E-state index < -0.39 is 0 Å². The summed E-state index contributed by atoms with van der Waals surface area (Å²) in [7, 11) is 1.40. The van der Waals surface area contributed by atoms with Crippen molar-refractivity contribution in [2.24, 2.45) is 0 Å². The molecule has 0 saturated carbocycles. The molecular formula is C9H20N2O2. The van der Waals surface area contributed by atoms with Crippen LogP contribution in [0.25, 0.3) is 0 Å². The topological polar surface area (TPSA) is 41.6 Å². The number of hydrogen-bond acceptors (Lipinski definition) is 4. The summed E-state index contributed by atoms with van der Waals surface area (Å²) in [5, 5.41) is 3.02. The molecule has 0 spiro atoms. The number of carbonyl (C=O) groups excluding carboxylic acids is 1. The first-order valence-corrected chi connectivity index (χ1v) is 4.74. The average molecular weight is 188 g/mol. The average Bonchev–Trinajstić information content (AvgIpc) is 2.18.